The maximum absolute atomic E-state index is 11.7. The van der Waals surface area contributed by atoms with Gasteiger partial charge in [-0.3, -0.25) is 0 Å². The Balaban J connectivity index is 3.58. The summed E-state index contributed by atoms with van der Waals surface area (Å²) >= 11 is 0. The Hall–Kier alpha value is -0.810. The van der Waals surface area contributed by atoms with Gasteiger partial charge in [0.15, 0.2) is 0 Å². The number of hydrogen-bond acceptors (Lipinski definition) is 5. The summed E-state index contributed by atoms with van der Waals surface area (Å²) in [5.74, 6) is 0. The fraction of sp³-hybridized carbons (Fsp3) is 0.955. The van der Waals surface area contributed by atoms with Crippen LogP contribution in [0.25, 0.3) is 0 Å². The normalized spacial score (nSPS) is 12.3. The largest absolute Gasteiger partial charge is 0.508 e. The Kier molecular flexibility index (Phi) is 19.3. The zero-order valence-corrected chi connectivity index (χ0v) is 18.2. The van der Waals surface area contributed by atoms with E-state index in [0.717, 1.165) is 38.9 Å². The van der Waals surface area contributed by atoms with Crippen LogP contribution in [0.5, 0.6) is 0 Å². The second kappa shape index (κ2) is 19.9. The molecule has 0 aromatic rings. The lowest BCUT2D eigenvalue weighted by molar-refractivity contribution is -0.00209. The Morgan fingerprint density at radius 1 is 0.852 bits per heavy atom. The van der Waals surface area contributed by atoms with Crippen LogP contribution in [0, 0.1) is 0 Å². The highest BCUT2D eigenvalue weighted by Gasteiger charge is 2.14. The Morgan fingerprint density at radius 3 is 1.93 bits per heavy atom. The van der Waals surface area contributed by atoms with Crippen LogP contribution in [-0.2, 0) is 9.47 Å². The number of rotatable bonds is 19. The molecule has 0 aliphatic rings. The Morgan fingerprint density at radius 2 is 1.41 bits per heavy atom. The van der Waals surface area contributed by atoms with Crippen LogP contribution in [0.1, 0.15) is 97.8 Å². The molecule has 0 unspecified atom stereocenters. The molecule has 0 amide bonds. The quantitative estimate of drug-likeness (QED) is 0.233. The summed E-state index contributed by atoms with van der Waals surface area (Å²) in [5.41, 5.74) is 0. The maximum Gasteiger partial charge on any atom is 0.508 e. The van der Waals surface area contributed by atoms with Gasteiger partial charge in [0.05, 0.1) is 13.2 Å². The molecule has 0 rings (SSSR count). The summed E-state index contributed by atoms with van der Waals surface area (Å²) in [4.78, 5) is 14.0. The van der Waals surface area contributed by atoms with E-state index in [0.29, 0.717) is 13.0 Å². The Bertz CT molecular complexity index is 321. The summed E-state index contributed by atoms with van der Waals surface area (Å²) < 4.78 is 10.3. The van der Waals surface area contributed by atoms with Crippen LogP contribution < -0.4 is 0 Å². The van der Waals surface area contributed by atoms with Crippen LogP contribution in [-0.4, -0.2) is 55.1 Å². The lowest BCUT2D eigenvalue weighted by Gasteiger charge is -2.18. The minimum atomic E-state index is -0.652. The second-order valence-electron chi connectivity index (χ2n) is 7.37. The predicted octanol–water partition coefficient (Wildman–Crippen LogP) is 5.54. The number of carbonyl (C=O) groups is 1. The van der Waals surface area contributed by atoms with Gasteiger partial charge in [0.1, 0.15) is 6.10 Å². The molecule has 162 valence electrons. The molecular weight excluding hydrogens is 342 g/mol. The van der Waals surface area contributed by atoms with E-state index >= 15 is 0 Å². The van der Waals surface area contributed by atoms with E-state index in [9.17, 15) is 9.90 Å². The highest BCUT2D eigenvalue weighted by Crippen LogP contribution is 2.13. The van der Waals surface area contributed by atoms with Crippen molar-refractivity contribution in [2.45, 2.75) is 104 Å². The van der Waals surface area contributed by atoms with Crippen molar-refractivity contribution in [3.63, 3.8) is 0 Å². The molecule has 5 nitrogen and oxygen atoms in total. The van der Waals surface area contributed by atoms with Crippen molar-refractivity contribution in [3.05, 3.63) is 0 Å². The average molecular weight is 388 g/mol. The van der Waals surface area contributed by atoms with E-state index in [-0.39, 0.29) is 6.61 Å². The first-order chi connectivity index (χ1) is 13.2. The molecule has 0 aliphatic heterocycles. The minimum absolute atomic E-state index is 0.133. The van der Waals surface area contributed by atoms with Gasteiger partial charge in [-0.2, -0.15) is 0 Å². The third-order valence-electron chi connectivity index (χ3n) is 5.08. The number of nitrogens with zero attached hydrogens (tertiary/aromatic N) is 1. The van der Waals surface area contributed by atoms with Gasteiger partial charge in [0, 0.05) is 6.54 Å². The molecule has 27 heavy (non-hydrogen) atoms. The number of hydrogen-bond donors (Lipinski definition) is 1. The molecule has 0 aromatic carbocycles. The molecule has 0 aromatic heterocycles. The van der Waals surface area contributed by atoms with E-state index in [4.69, 9.17) is 9.47 Å². The average Bonchev–Trinajstić information content (AvgIpc) is 2.68. The van der Waals surface area contributed by atoms with Crippen LogP contribution >= 0.6 is 0 Å². The van der Waals surface area contributed by atoms with E-state index in [1.165, 1.54) is 51.4 Å². The Labute approximate surface area is 167 Å². The van der Waals surface area contributed by atoms with Gasteiger partial charge >= 0.3 is 6.16 Å². The molecule has 0 saturated carbocycles. The summed E-state index contributed by atoms with van der Waals surface area (Å²) in [5, 5.41) is 9.39. The van der Waals surface area contributed by atoms with Crippen LogP contribution in [0.4, 0.5) is 4.79 Å². The van der Waals surface area contributed by atoms with Crippen molar-refractivity contribution < 1.29 is 19.4 Å². The second-order valence-corrected chi connectivity index (χ2v) is 7.37. The number of ether oxygens (including phenoxy) is 2. The monoisotopic (exact) mass is 387 g/mol. The first-order valence-electron chi connectivity index (χ1n) is 11.3. The molecule has 0 aliphatic carbocycles. The highest BCUT2D eigenvalue weighted by atomic mass is 16.7. The van der Waals surface area contributed by atoms with Gasteiger partial charge in [-0.05, 0) is 32.4 Å². The zero-order valence-electron chi connectivity index (χ0n) is 18.2. The number of carbonyl (C=O) groups excluding carboxylic acids is 1. The third-order valence-corrected chi connectivity index (χ3v) is 5.08. The van der Waals surface area contributed by atoms with Crippen molar-refractivity contribution in [1.29, 1.82) is 0 Å². The van der Waals surface area contributed by atoms with Crippen molar-refractivity contribution in [1.82, 2.24) is 4.90 Å². The fourth-order valence-corrected chi connectivity index (χ4v) is 3.20. The molecule has 0 radical (unpaired) electrons. The summed E-state index contributed by atoms with van der Waals surface area (Å²) in [6, 6.07) is 0. The van der Waals surface area contributed by atoms with Gasteiger partial charge in [-0.1, -0.05) is 78.6 Å². The molecular formula is C22H45NO4. The standard InChI is InChI=1S/C22H45NO4/c1-4-7-8-9-10-11-12-13-14-15-17-21(20-24)27-22(25)26-19-16-18-23(5-2)6-3/h21,24H,4-20H2,1-3H3/t21-/m1/s1. The first-order valence-corrected chi connectivity index (χ1v) is 11.3. The number of aliphatic hydroxyl groups is 1. The smallest absolute Gasteiger partial charge is 0.434 e. The SMILES string of the molecule is CCCCCCCCCCCC[C@H](CO)OC(=O)OCCCN(CC)CC. The van der Waals surface area contributed by atoms with Gasteiger partial charge in [0.25, 0.3) is 0 Å². The summed E-state index contributed by atoms with van der Waals surface area (Å²) in [6.45, 7) is 9.66. The molecule has 0 spiro atoms. The van der Waals surface area contributed by atoms with Crippen molar-refractivity contribution in [2.24, 2.45) is 0 Å². The van der Waals surface area contributed by atoms with E-state index < -0.39 is 12.3 Å². The van der Waals surface area contributed by atoms with Gasteiger partial charge in [-0.25, -0.2) is 4.79 Å². The van der Waals surface area contributed by atoms with Crippen molar-refractivity contribution >= 4 is 6.16 Å². The molecule has 5 heteroatoms. The van der Waals surface area contributed by atoms with E-state index in [1.54, 1.807) is 0 Å². The molecule has 0 bridgehead atoms. The summed E-state index contributed by atoms with van der Waals surface area (Å²) in [6.07, 6.45) is 13.1. The molecule has 0 saturated heterocycles. The number of aliphatic hydroxyl groups excluding tert-OH is 1. The van der Waals surface area contributed by atoms with Crippen molar-refractivity contribution in [2.75, 3.05) is 32.8 Å². The van der Waals surface area contributed by atoms with Crippen LogP contribution in [0.2, 0.25) is 0 Å². The maximum atomic E-state index is 11.7. The van der Waals surface area contributed by atoms with Gasteiger partial charge in [-0.15, -0.1) is 0 Å². The van der Waals surface area contributed by atoms with E-state index in [1.807, 2.05) is 0 Å². The van der Waals surface area contributed by atoms with Gasteiger partial charge in [0.2, 0.25) is 0 Å². The molecule has 1 N–H and O–H groups in total. The zero-order chi connectivity index (χ0) is 20.2. The van der Waals surface area contributed by atoms with Crippen molar-refractivity contribution in [3.8, 4) is 0 Å². The minimum Gasteiger partial charge on any atom is -0.434 e. The summed E-state index contributed by atoms with van der Waals surface area (Å²) in [7, 11) is 0. The number of unbranched alkanes of at least 4 members (excludes halogenated alkanes) is 9. The molecule has 0 fully saturated rings. The lowest BCUT2D eigenvalue weighted by atomic mass is 10.0. The topological polar surface area (TPSA) is 59.0 Å². The fourth-order valence-electron chi connectivity index (χ4n) is 3.20. The van der Waals surface area contributed by atoms with Gasteiger partial charge < -0.3 is 19.5 Å². The van der Waals surface area contributed by atoms with E-state index in [2.05, 4.69) is 25.7 Å². The predicted molar refractivity (Wildman–Crippen MR) is 112 cm³/mol. The first kappa shape index (κ1) is 26.2. The third kappa shape index (κ3) is 17.0. The van der Waals surface area contributed by atoms with Crippen LogP contribution in [0.15, 0.2) is 0 Å². The molecule has 0 heterocycles. The highest BCUT2D eigenvalue weighted by molar-refractivity contribution is 5.60. The molecule has 1 atom stereocenters. The van der Waals surface area contributed by atoms with Crippen LogP contribution in [0.3, 0.4) is 0 Å². The lowest BCUT2D eigenvalue weighted by Crippen LogP contribution is -2.26.